The van der Waals surface area contributed by atoms with E-state index in [2.05, 4.69) is 11.9 Å². The van der Waals surface area contributed by atoms with Crippen molar-refractivity contribution in [2.75, 3.05) is 5.75 Å². The Bertz CT molecular complexity index is 496. The number of hydrogen-bond acceptors (Lipinski definition) is 2. The number of aryl methyl sites for hydroxylation is 1. The number of aromatic nitrogens is 1. The SMILES string of the molecule is CCSc1cc(C)c2cc(F)ccc2n1. The molecule has 0 aliphatic heterocycles. The van der Waals surface area contributed by atoms with Crippen molar-refractivity contribution in [3.8, 4) is 0 Å². The molecule has 0 saturated carbocycles. The van der Waals surface area contributed by atoms with Gasteiger partial charge in [0.25, 0.3) is 0 Å². The number of nitrogens with zero attached hydrogens (tertiary/aromatic N) is 1. The topological polar surface area (TPSA) is 12.9 Å². The van der Waals surface area contributed by atoms with E-state index in [1.54, 1.807) is 17.8 Å². The van der Waals surface area contributed by atoms with Crippen molar-refractivity contribution in [1.82, 2.24) is 4.98 Å². The molecule has 0 N–H and O–H groups in total. The Hall–Kier alpha value is -1.09. The molecule has 2 rings (SSSR count). The molecule has 3 heteroatoms. The van der Waals surface area contributed by atoms with Gasteiger partial charge in [-0.1, -0.05) is 6.92 Å². The minimum Gasteiger partial charge on any atom is -0.241 e. The molecule has 0 spiro atoms. The Morgan fingerprint density at radius 3 is 2.87 bits per heavy atom. The second-order valence-corrected chi connectivity index (χ2v) is 4.66. The zero-order valence-corrected chi connectivity index (χ0v) is 9.57. The Morgan fingerprint density at radius 1 is 1.33 bits per heavy atom. The molecular formula is C12H12FNS. The number of hydrogen-bond donors (Lipinski definition) is 0. The fourth-order valence-electron chi connectivity index (χ4n) is 1.56. The van der Waals surface area contributed by atoms with Crippen LogP contribution in [0.3, 0.4) is 0 Å². The number of thioether (sulfide) groups is 1. The van der Waals surface area contributed by atoms with Gasteiger partial charge in [-0.2, -0.15) is 0 Å². The van der Waals surface area contributed by atoms with Gasteiger partial charge in [0.05, 0.1) is 10.5 Å². The lowest BCUT2D eigenvalue weighted by molar-refractivity contribution is 0.629. The van der Waals surface area contributed by atoms with Gasteiger partial charge in [0.1, 0.15) is 5.82 Å². The number of halogens is 1. The van der Waals surface area contributed by atoms with E-state index in [9.17, 15) is 4.39 Å². The minimum atomic E-state index is -0.205. The summed E-state index contributed by atoms with van der Waals surface area (Å²) in [6, 6.07) is 6.74. The lowest BCUT2D eigenvalue weighted by Gasteiger charge is -2.05. The van der Waals surface area contributed by atoms with E-state index in [1.165, 1.54) is 12.1 Å². The van der Waals surface area contributed by atoms with Crippen LogP contribution in [0.2, 0.25) is 0 Å². The maximum absolute atomic E-state index is 13.0. The number of fused-ring (bicyclic) bond motifs is 1. The summed E-state index contributed by atoms with van der Waals surface area (Å²) >= 11 is 1.70. The number of benzene rings is 1. The second kappa shape index (κ2) is 4.19. The predicted octanol–water partition coefficient (Wildman–Crippen LogP) is 3.79. The molecule has 0 aliphatic rings. The van der Waals surface area contributed by atoms with Gasteiger partial charge in [-0.25, -0.2) is 9.37 Å². The van der Waals surface area contributed by atoms with Gasteiger partial charge in [0, 0.05) is 5.39 Å². The van der Waals surface area contributed by atoms with Crippen LogP contribution >= 0.6 is 11.8 Å². The molecule has 1 aromatic carbocycles. The van der Waals surface area contributed by atoms with E-state index >= 15 is 0 Å². The molecule has 0 aliphatic carbocycles. The van der Waals surface area contributed by atoms with Crippen LogP contribution in [0.5, 0.6) is 0 Å². The summed E-state index contributed by atoms with van der Waals surface area (Å²) in [5.74, 6) is 0.794. The first kappa shape index (κ1) is 10.4. The summed E-state index contributed by atoms with van der Waals surface area (Å²) in [4.78, 5) is 4.46. The summed E-state index contributed by atoms with van der Waals surface area (Å²) < 4.78 is 13.0. The first-order valence-electron chi connectivity index (χ1n) is 4.90. The fraction of sp³-hybridized carbons (Fsp3) is 0.250. The lowest BCUT2D eigenvalue weighted by atomic mass is 10.1. The Balaban J connectivity index is 2.62. The Kier molecular flexibility index (Phi) is 2.91. The quantitative estimate of drug-likeness (QED) is 0.715. The van der Waals surface area contributed by atoms with E-state index in [-0.39, 0.29) is 5.82 Å². The maximum Gasteiger partial charge on any atom is 0.123 e. The molecule has 1 nitrogen and oxygen atoms in total. The number of rotatable bonds is 2. The van der Waals surface area contributed by atoms with Gasteiger partial charge in [0.2, 0.25) is 0 Å². The van der Waals surface area contributed by atoms with Crippen molar-refractivity contribution >= 4 is 22.7 Å². The molecule has 0 unspecified atom stereocenters. The average Bonchev–Trinajstić information content (AvgIpc) is 2.20. The van der Waals surface area contributed by atoms with Crippen molar-refractivity contribution in [2.45, 2.75) is 18.9 Å². The van der Waals surface area contributed by atoms with E-state index in [0.29, 0.717) is 0 Å². The molecule has 0 bridgehead atoms. The largest absolute Gasteiger partial charge is 0.241 e. The van der Waals surface area contributed by atoms with Crippen LogP contribution in [0.4, 0.5) is 4.39 Å². The normalized spacial score (nSPS) is 10.9. The summed E-state index contributed by atoms with van der Waals surface area (Å²) in [6.45, 7) is 4.08. The third-order valence-corrected chi connectivity index (χ3v) is 3.04. The zero-order valence-electron chi connectivity index (χ0n) is 8.75. The second-order valence-electron chi connectivity index (χ2n) is 3.37. The maximum atomic E-state index is 13.0. The zero-order chi connectivity index (χ0) is 10.8. The van der Waals surface area contributed by atoms with Crippen LogP contribution < -0.4 is 0 Å². The van der Waals surface area contributed by atoms with Gasteiger partial charge in [-0.05, 0) is 42.5 Å². The average molecular weight is 221 g/mol. The summed E-state index contributed by atoms with van der Waals surface area (Å²) in [5, 5.41) is 1.91. The fourth-order valence-corrected chi connectivity index (χ4v) is 2.28. The van der Waals surface area contributed by atoms with Crippen LogP contribution in [-0.2, 0) is 0 Å². The molecular weight excluding hydrogens is 209 g/mol. The van der Waals surface area contributed by atoms with Crippen molar-refractivity contribution < 1.29 is 4.39 Å². The van der Waals surface area contributed by atoms with Gasteiger partial charge < -0.3 is 0 Å². The highest BCUT2D eigenvalue weighted by molar-refractivity contribution is 7.99. The Labute approximate surface area is 92.7 Å². The van der Waals surface area contributed by atoms with E-state index in [4.69, 9.17) is 0 Å². The van der Waals surface area contributed by atoms with Crippen LogP contribution in [0.25, 0.3) is 10.9 Å². The number of pyridine rings is 1. The Morgan fingerprint density at radius 2 is 2.13 bits per heavy atom. The first-order chi connectivity index (χ1) is 7.20. The smallest absolute Gasteiger partial charge is 0.123 e. The monoisotopic (exact) mass is 221 g/mol. The van der Waals surface area contributed by atoms with Gasteiger partial charge in [-0.3, -0.25) is 0 Å². The molecule has 78 valence electrons. The molecule has 1 heterocycles. The highest BCUT2D eigenvalue weighted by atomic mass is 32.2. The van der Waals surface area contributed by atoms with Gasteiger partial charge >= 0.3 is 0 Å². The molecule has 0 radical (unpaired) electrons. The summed E-state index contributed by atoms with van der Waals surface area (Å²) in [5.41, 5.74) is 1.95. The molecule has 2 aromatic rings. The molecule has 1 aromatic heterocycles. The molecule has 15 heavy (non-hydrogen) atoms. The third kappa shape index (κ3) is 2.12. The highest BCUT2D eigenvalue weighted by Crippen LogP contribution is 2.23. The predicted molar refractivity (Wildman–Crippen MR) is 62.8 cm³/mol. The van der Waals surface area contributed by atoms with Crippen LogP contribution in [0.1, 0.15) is 12.5 Å². The summed E-state index contributed by atoms with van der Waals surface area (Å²) in [7, 11) is 0. The molecule has 0 fully saturated rings. The van der Waals surface area contributed by atoms with Crippen molar-refractivity contribution in [3.05, 3.63) is 35.6 Å². The summed E-state index contributed by atoms with van der Waals surface area (Å²) in [6.07, 6.45) is 0. The van der Waals surface area contributed by atoms with Crippen molar-refractivity contribution in [3.63, 3.8) is 0 Å². The molecule has 0 amide bonds. The van der Waals surface area contributed by atoms with E-state index in [0.717, 1.165) is 27.2 Å². The van der Waals surface area contributed by atoms with E-state index < -0.39 is 0 Å². The van der Waals surface area contributed by atoms with Crippen LogP contribution in [-0.4, -0.2) is 10.7 Å². The standard InChI is InChI=1S/C12H12FNS/c1-3-15-12-6-8(2)10-7-9(13)4-5-11(10)14-12/h4-7H,3H2,1-2H3. The van der Waals surface area contributed by atoms with Crippen molar-refractivity contribution in [2.24, 2.45) is 0 Å². The van der Waals surface area contributed by atoms with E-state index in [1.807, 2.05) is 13.0 Å². The van der Waals surface area contributed by atoms with Crippen LogP contribution in [0.15, 0.2) is 29.3 Å². The van der Waals surface area contributed by atoms with Gasteiger partial charge in [0.15, 0.2) is 0 Å². The highest BCUT2D eigenvalue weighted by Gasteiger charge is 2.03. The molecule has 0 atom stereocenters. The van der Waals surface area contributed by atoms with Crippen molar-refractivity contribution in [1.29, 1.82) is 0 Å². The minimum absolute atomic E-state index is 0.205. The first-order valence-corrected chi connectivity index (χ1v) is 5.89. The van der Waals surface area contributed by atoms with Crippen LogP contribution in [0, 0.1) is 12.7 Å². The lowest BCUT2D eigenvalue weighted by Crippen LogP contribution is -1.88. The molecule has 0 saturated heterocycles. The third-order valence-electron chi connectivity index (χ3n) is 2.25. The van der Waals surface area contributed by atoms with Gasteiger partial charge in [-0.15, -0.1) is 11.8 Å².